The number of ether oxygens (including phenoxy) is 2. The van der Waals surface area contributed by atoms with E-state index in [1.54, 1.807) is 0 Å². The number of guanidine groups is 1. The minimum Gasteiger partial charge on any atom is -0.490 e. The number of benzene rings is 1. The molecule has 2 N–H and O–H groups in total. The van der Waals surface area contributed by atoms with E-state index in [9.17, 15) is 0 Å². The Morgan fingerprint density at radius 1 is 1.19 bits per heavy atom. The third kappa shape index (κ3) is 7.82. The predicted octanol–water partition coefficient (Wildman–Crippen LogP) is 3.71. The van der Waals surface area contributed by atoms with Gasteiger partial charge in [-0.2, -0.15) is 11.8 Å². The highest BCUT2D eigenvalue weighted by atomic mass is 127. The highest BCUT2D eigenvalue weighted by molar-refractivity contribution is 14.0. The van der Waals surface area contributed by atoms with Crippen molar-refractivity contribution in [3.05, 3.63) is 23.8 Å². The first-order chi connectivity index (χ1) is 12.3. The minimum atomic E-state index is 0. The van der Waals surface area contributed by atoms with Crippen LogP contribution in [0.25, 0.3) is 0 Å². The highest BCUT2D eigenvalue weighted by Gasteiger charge is 2.15. The molecule has 0 radical (unpaired) electrons. The molecule has 0 saturated carbocycles. The van der Waals surface area contributed by atoms with Gasteiger partial charge in [0.05, 0.1) is 13.2 Å². The molecule has 1 aliphatic heterocycles. The Morgan fingerprint density at radius 3 is 2.62 bits per heavy atom. The summed E-state index contributed by atoms with van der Waals surface area (Å²) < 4.78 is 11.3. The Balaban J connectivity index is 0.00000338. The van der Waals surface area contributed by atoms with Crippen molar-refractivity contribution in [1.29, 1.82) is 0 Å². The van der Waals surface area contributed by atoms with E-state index in [4.69, 9.17) is 9.47 Å². The normalized spacial score (nSPS) is 16.7. The number of rotatable bonds is 9. The Bertz CT molecular complexity index is 552. The van der Waals surface area contributed by atoms with Crippen molar-refractivity contribution in [3.63, 3.8) is 0 Å². The average Bonchev–Trinajstić information content (AvgIpc) is 3.14. The Hall–Kier alpha value is -0.830. The molecule has 1 unspecified atom stereocenters. The summed E-state index contributed by atoms with van der Waals surface area (Å²) in [7, 11) is 1.82. The number of aliphatic imine (C=N–C) groups is 1. The molecular weight excluding hydrogens is 461 g/mol. The first-order valence-corrected chi connectivity index (χ1v) is 10.3. The summed E-state index contributed by atoms with van der Waals surface area (Å²) in [5.74, 6) is 3.80. The van der Waals surface area contributed by atoms with Crippen LogP contribution in [0.5, 0.6) is 11.5 Å². The second-order valence-electron chi connectivity index (χ2n) is 5.91. The fraction of sp³-hybridized carbons (Fsp3) is 0.632. The van der Waals surface area contributed by atoms with Crippen LogP contribution in [0.2, 0.25) is 0 Å². The number of nitrogens with zero attached hydrogens (tertiary/aromatic N) is 1. The highest BCUT2D eigenvalue weighted by Crippen LogP contribution is 2.28. The van der Waals surface area contributed by atoms with Crippen LogP contribution in [-0.4, -0.2) is 50.3 Å². The zero-order chi connectivity index (χ0) is 17.9. The molecule has 5 nitrogen and oxygen atoms in total. The maximum absolute atomic E-state index is 5.69. The molecule has 1 aromatic carbocycles. The van der Waals surface area contributed by atoms with Crippen LogP contribution in [0.3, 0.4) is 0 Å². The zero-order valence-electron chi connectivity index (χ0n) is 16.0. The van der Waals surface area contributed by atoms with E-state index in [2.05, 4.69) is 39.5 Å². The Kier molecular flexibility index (Phi) is 11.9. The summed E-state index contributed by atoms with van der Waals surface area (Å²) in [6.45, 7) is 7.07. The van der Waals surface area contributed by atoms with Gasteiger partial charge in [0.1, 0.15) is 0 Å². The molecule has 0 bridgehead atoms. The monoisotopic (exact) mass is 493 g/mol. The van der Waals surface area contributed by atoms with Gasteiger partial charge in [0, 0.05) is 25.4 Å². The summed E-state index contributed by atoms with van der Waals surface area (Å²) in [4.78, 5) is 4.31. The summed E-state index contributed by atoms with van der Waals surface area (Å²) in [5, 5.41) is 7.54. The van der Waals surface area contributed by atoms with Gasteiger partial charge in [0.25, 0.3) is 0 Å². The molecule has 0 spiro atoms. The quantitative estimate of drug-likeness (QED) is 0.312. The third-order valence-corrected chi connectivity index (χ3v) is 5.46. The summed E-state index contributed by atoms with van der Waals surface area (Å²) in [6.07, 6.45) is 3.55. The second-order valence-corrected chi connectivity index (χ2v) is 7.32. The Labute approximate surface area is 179 Å². The van der Waals surface area contributed by atoms with Crippen molar-refractivity contribution in [1.82, 2.24) is 10.6 Å². The largest absolute Gasteiger partial charge is 0.490 e. The molecule has 1 saturated heterocycles. The molecule has 1 heterocycles. The van der Waals surface area contributed by atoms with Crippen molar-refractivity contribution in [3.8, 4) is 11.5 Å². The van der Waals surface area contributed by atoms with Gasteiger partial charge in [0.2, 0.25) is 0 Å². The van der Waals surface area contributed by atoms with Gasteiger partial charge in [-0.1, -0.05) is 6.07 Å². The average molecular weight is 493 g/mol. The molecule has 1 atom stereocenters. The fourth-order valence-corrected chi connectivity index (χ4v) is 4.01. The van der Waals surface area contributed by atoms with Crippen molar-refractivity contribution in [2.75, 3.05) is 39.1 Å². The number of thioether (sulfide) groups is 1. The molecule has 1 aliphatic rings. The first kappa shape index (κ1) is 23.2. The van der Waals surface area contributed by atoms with E-state index in [0.717, 1.165) is 42.2 Å². The lowest BCUT2D eigenvalue weighted by Gasteiger charge is -2.15. The van der Waals surface area contributed by atoms with E-state index >= 15 is 0 Å². The van der Waals surface area contributed by atoms with Crippen molar-refractivity contribution >= 4 is 41.7 Å². The number of halogens is 1. The van der Waals surface area contributed by atoms with Crippen LogP contribution in [0.1, 0.15) is 32.3 Å². The minimum absolute atomic E-state index is 0. The summed E-state index contributed by atoms with van der Waals surface area (Å²) in [6, 6.07) is 6.16. The topological polar surface area (TPSA) is 54.9 Å². The van der Waals surface area contributed by atoms with Crippen LogP contribution < -0.4 is 20.1 Å². The van der Waals surface area contributed by atoms with Gasteiger partial charge < -0.3 is 20.1 Å². The maximum atomic E-state index is 5.69. The summed E-state index contributed by atoms with van der Waals surface area (Å²) >= 11 is 2.06. The lowest BCUT2D eigenvalue weighted by molar-refractivity contribution is 0.287. The van der Waals surface area contributed by atoms with E-state index in [-0.39, 0.29) is 24.0 Å². The third-order valence-electron chi connectivity index (χ3n) is 4.06. The number of hydrogen-bond acceptors (Lipinski definition) is 4. The van der Waals surface area contributed by atoms with Crippen molar-refractivity contribution < 1.29 is 9.47 Å². The van der Waals surface area contributed by atoms with E-state index in [1.807, 2.05) is 27.0 Å². The van der Waals surface area contributed by atoms with Crippen LogP contribution in [0, 0.1) is 0 Å². The Morgan fingerprint density at radius 2 is 1.96 bits per heavy atom. The predicted molar refractivity (Wildman–Crippen MR) is 123 cm³/mol. The molecule has 0 aliphatic carbocycles. The molecule has 26 heavy (non-hydrogen) atoms. The number of nitrogens with one attached hydrogen (secondary N) is 2. The van der Waals surface area contributed by atoms with Crippen LogP contribution >= 0.6 is 35.7 Å². The standard InChI is InChI=1S/C19H31N3O2S.HI/c1-4-23-17-9-8-15(13-18(17)24-5-2)10-11-21-19(20-3)22-14-16-7-6-12-25-16;/h8-9,13,16H,4-7,10-12,14H2,1-3H3,(H2,20,21,22);1H. The molecule has 148 valence electrons. The molecule has 0 aromatic heterocycles. The maximum Gasteiger partial charge on any atom is 0.191 e. The zero-order valence-corrected chi connectivity index (χ0v) is 19.2. The van der Waals surface area contributed by atoms with Crippen LogP contribution in [-0.2, 0) is 6.42 Å². The van der Waals surface area contributed by atoms with Crippen molar-refractivity contribution in [2.45, 2.75) is 38.4 Å². The first-order valence-electron chi connectivity index (χ1n) is 9.21. The van der Waals surface area contributed by atoms with Gasteiger partial charge in [0.15, 0.2) is 17.5 Å². The van der Waals surface area contributed by atoms with E-state index < -0.39 is 0 Å². The molecule has 0 amide bonds. The van der Waals surface area contributed by atoms with Gasteiger partial charge in [-0.05, 0) is 56.6 Å². The molecule has 1 fully saturated rings. The van der Waals surface area contributed by atoms with Crippen LogP contribution in [0.15, 0.2) is 23.2 Å². The number of hydrogen-bond donors (Lipinski definition) is 2. The SMILES string of the molecule is CCOc1ccc(CCNC(=NC)NCC2CCCS2)cc1OCC.I. The lowest BCUT2D eigenvalue weighted by atomic mass is 10.1. The van der Waals surface area contributed by atoms with Gasteiger partial charge in [-0.25, -0.2) is 0 Å². The molecule has 7 heteroatoms. The van der Waals surface area contributed by atoms with Crippen molar-refractivity contribution in [2.24, 2.45) is 4.99 Å². The van der Waals surface area contributed by atoms with Gasteiger partial charge >= 0.3 is 0 Å². The fourth-order valence-electron chi connectivity index (χ4n) is 2.81. The lowest BCUT2D eigenvalue weighted by Crippen LogP contribution is -2.40. The van der Waals surface area contributed by atoms with Crippen LogP contribution in [0.4, 0.5) is 0 Å². The van der Waals surface area contributed by atoms with Gasteiger partial charge in [-0.15, -0.1) is 24.0 Å². The van der Waals surface area contributed by atoms with E-state index in [0.29, 0.717) is 13.2 Å². The summed E-state index contributed by atoms with van der Waals surface area (Å²) in [5.41, 5.74) is 1.22. The second kappa shape index (κ2) is 13.4. The van der Waals surface area contributed by atoms with Gasteiger partial charge in [-0.3, -0.25) is 4.99 Å². The molecule has 2 rings (SSSR count). The molecule has 1 aromatic rings. The van der Waals surface area contributed by atoms with E-state index in [1.165, 1.54) is 24.2 Å². The molecular formula is C19H32IN3O2S. The smallest absolute Gasteiger partial charge is 0.191 e.